The zero-order valence-corrected chi connectivity index (χ0v) is 7.15. The molecule has 0 spiro atoms. The van der Waals surface area contributed by atoms with Crippen LogP contribution in [0.1, 0.15) is 19.3 Å². The quantitative estimate of drug-likeness (QED) is 0.529. The Morgan fingerprint density at radius 1 is 1.10 bits per heavy atom. The normalized spacial score (nSPS) is 9.20. The van der Waals surface area contributed by atoms with E-state index in [1.54, 1.807) is 0 Å². The molecule has 0 atom stereocenters. The van der Waals surface area contributed by atoms with Crippen LogP contribution in [0.3, 0.4) is 0 Å². The van der Waals surface area contributed by atoms with Gasteiger partial charge in [-0.05, 0) is 0 Å². The molecule has 1 heterocycles. The molecule has 0 N–H and O–H groups in total. The van der Waals surface area contributed by atoms with E-state index in [4.69, 9.17) is 12.2 Å². The van der Waals surface area contributed by atoms with Gasteiger partial charge in [0.25, 0.3) is 0 Å². The van der Waals surface area contributed by atoms with Crippen LogP contribution in [0.2, 0.25) is 0 Å². The van der Waals surface area contributed by atoms with Crippen LogP contribution in [-0.2, 0) is 0 Å². The second kappa shape index (κ2) is 3.14. The van der Waals surface area contributed by atoms with Gasteiger partial charge >= 0.3 is 0 Å². The molecule has 0 aliphatic heterocycles. The van der Waals surface area contributed by atoms with Crippen LogP contribution >= 0.6 is 34.9 Å². The number of hydrogen-bond acceptors (Lipinski definition) is 5. The molecule has 0 amide bonds. The lowest BCUT2D eigenvalue weighted by Gasteiger charge is -1.76. The Hall–Kier alpha value is -0.390. The van der Waals surface area contributed by atoms with Gasteiger partial charge in [-0.25, -0.2) is 0 Å². The molecule has 0 aliphatic carbocycles. The lowest BCUT2D eigenvalue weighted by Crippen LogP contribution is -1.77. The van der Waals surface area contributed by atoms with Crippen LogP contribution in [0.25, 0.3) is 0 Å². The van der Waals surface area contributed by atoms with Crippen molar-refractivity contribution in [3.63, 3.8) is 0 Å². The molecule has 0 saturated carbocycles. The summed E-state index contributed by atoms with van der Waals surface area (Å²) >= 11 is 7.12. The molecule has 1 rings (SSSR count). The summed E-state index contributed by atoms with van der Waals surface area (Å²) in [5.41, 5.74) is 0. The van der Waals surface area contributed by atoms with Crippen molar-refractivity contribution in [3.05, 3.63) is 12.9 Å². The third-order valence-corrected chi connectivity index (χ3v) is 3.38. The minimum Gasteiger partial charge on any atom is -0.297 e. The Morgan fingerprint density at radius 2 is 1.50 bits per heavy atom. The second-order valence-corrected chi connectivity index (χ2v) is 4.71. The number of carbonyl (C=O) groups is 2. The summed E-state index contributed by atoms with van der Waals surface area (Å²) in [6.45, 7) is 0. The fraction of sp³-hybridized carbons (Fsp3) is 0. The highest BCUT2D eigenvalue weighted by molar-refractivity contribution is 7.76. The third kappa shape index (κ3) is 1.36. The van der Waals surface area contributed by atoms with Gasteiger partial charge in [-0.2, -0.15) is 0 Å². The fourth-order valence-electron chi connectivity index (χ4n) is 0.465. The monoisotopic (exact) mass is 190 g/mol. The lowest BCUT2D eigenvalue weighted by molar-refractivity contribution is 0.110. The van der Waals surface area contributed by atoms with Crippen LogP contribution in [0.4, 0.5) is 0 Å². The summed E-state index contributed by atoms with van der Waals surface area (Å²) in [4.78, 5) is 21.3. The standard InChI is InChI=1S/C5H2O2S3/c6-1-3-4(2-7)10-5(8)9-3/h1-2H. The van der Waals surface area contributed by atoms with Gasteiger partial charge < -0.3 is 0 Å². The largest absolute Gasteiger partial charge is 0.297 e. The summed E-state index contributed by atoms with van der Waals surface area (Å²) < 4.78 is 0.615. The Balaban J connectivity index is 3.33. The summed E-state index contributed by atoms with van der Waals surface area (Å²) in [5, 5.41) is 0. The highest BCUT2D eigenvalue weighted by Crippen LogP contribution is 2.20. The van der Waals surface area contributed by atoms with Crippen molar-refractivity contribution in [1.29, 1.82) is 0 Å². The molecule has 52 valence electrons. The van der Waals surface area contributed by atoms with Gasteiger partial charge in [-0.3, -0.25) is 9.59 Å². The number of rotatable bonds is 2. The van der Waals surface area contributed by atoms with Crippen molar-refractivity contribution in [1.82, 2.24) is 0 Å². The molecule has 10 heavy (non-hydrogen) atoms. The molecule has 0 radical (unpaired) electrons. The number of hydrogen-bond donors (Lipinski definition) is 0. The van der Waals surface area contributed by atoms with Gasteiger partial charge in [-0.15, -0.1) is 22.7 Å². The zero-order chi connectivity index (χ0) is 7.56. The maximum Gasteiger partial charge on any atom is 0.161 e. The van der Waals surface area contributed by atoms with E-state index >= 15 is 0 Å². The molecular formula is C5H2O2S3. The maximum atomic E-state index is 10.2. The zero-order valence-electron chi connectivity index (χ0n) is 4.70. The van der Waals surface area contributed by atoms with E-state index in [0.717, 1.165) is 0 Å². The molecule has 0 aromatic carbocycles. The van der Waals surface area contributed by atoms with Crippen molar-refractivity contribution >= 4 is 47.5 Å². The Labute approximate surface area is 70.1 Å². The average molecular weight is 190 g/mol. The minimum atomic E-state index is 0.435. The van der Waals surface area contributed by atoms with Gasteiger partial charge in [0.15, 0.2) is 12.6 Å². The summed E-state index contributed by atoms with van der Waals surface area (Å²) in [6, 6.07) is 0. The first kappa shape index (κ1) is 7.71. The SMILES string of the molecule is O=Cc1sc(=S)sc1C=O. The van der Waals surface area contributed by atoms with Crippen molar-refractivity contribution in [2.75, 3.05) is 0 Å². The predicted octanol–water partition coefficient (Wildman–Crippen LogP) is 2.16. The smallest absolute Gasteiger partial charge is 0.161 e. The fourth-order valence-corrected chi connectivity index (χ4v) is 2.71. The van der Waals surface area contributed by atoms with E-state index in [0.29, 0.717) is 25.5 Å². The predicted molar refractivity (Wildman–Crippen MR) is 43.8 cm³/mol. The van der Waals surface area contributed by atoms with Crippen molar-refractivity contribution in [2.45, 2.75) is 0 Å². The molecular weight excluding hydrogens is 188 g/mol. The van der Waals surface area contributed by atoms with Gasteiger partial charge in [-0.1, -0.05) is 12.2 Å². The third-order valence-electron chi connectivity index (χ3n) is 0.844. The molecule has 0 unspecified atom stereocenters. The Kier molecular flexibility index (Phi) is 2.42. The van der Waals surface area contributed by atoms with Crippen LogP contribution in [0.5, 0.6) is 0 Å². The summed E-state index contributed by atoms with van der Waals surface area (Å²) in [6.07, 6.45) is 1.31. The van der Waals surface area contributed by atoms with E-state index in [1.807, 2.05) is 0 Å². The molecule has 2 nitrogen and oxygen atoms in total. The van der Waals surface area contributed by atoms with E-state index < -0.39 is 0 Å². The number of aldehydes is 2. The maximum absolute atomic E-state index is 10.2. The van der Waals surface area contributed by atoms with E-state index in [1.165, 1.54) is 22.7 Å². The van der Waals surface area contributed by atoms with E-state index in [9.17, 15) is 9.59 Å². The van der Waals surface area contributed by atoms with Crippen molar-refractivity contribution < 1.29 is 9.59 Å². The topological polar surface area (TPSA) is 34.1 Å². The first-order valence-electron chi connectivity index (χ1n) is 2.32. The molecule has 0 saturated heterocycles. The van der Waals surface area contributed by atoms with Gasteiger partial charge in [0, 0.05) is 0 Å². The van der Waals surface area contributed by atoms with E-state index in [2.05, 4.69) is 0 Å². The Morgan fingerprint density at radius 3 is 1.80 bits per heavy atom. The van der Waals surface area contributed by atoms with Crippen LogP contribution in [0.15, 0.2) is 0 Å². The Bertz CT molecular complexity index is 280. The van der Waals surface area contributed by atoms with Crippen LogP contribution in [0, 0.1) is 3.14 Å². The van der Waals surface area contributed by atoms with E-state index in [-0.39, 0.29) is 0 Å². The molecule has 0 bridgehead atoms. The summed E-state index contributed by atoms with van der Waals surface area (Å²) in [7, 11) is 0. The van der Waals surface area contributed by atoms with Gasteiger partial charge in [0.1, 0.15) is 3.14 Å². The first-order valence-corrected chi connectivity index (χ1v) is 4.36. The molecule has 0 fully saturated rings. The highest BCUT2D eigenvalue weighted by Gasteiger charge is 2.03. The number of carbonyl (C=O) groups excluding carboxylic acids is 2. The van der Waals surface area contributed by atoms with Gasteiger partial charge in [0.2, 0.25) is 0 Å². The van der Waals surface area contributed by atoms with Crippen molar-refractivity contribution in [3.8, 4) is 0 Å². The molecule has 1 aromatic heterocycles. The van der Waals surface area contributed by atoms with Crippen molar-refractivity contribution in [2.24, 2.45) is 0 Å². The van der Waals surface area contributed by atoms with Crippen LogP contribution in [-0.4, -0.2) is 12.6 Å². The molecule has 5 heteroatoms. The molecule has 1 aromatic rings. The minimum absolute atomic E-state index is 0.435. The average Bonchev–Trinajstić information content (AvgIpc) is 2.30. The lowest BCUT2D eigenvalue weighted by atomic mass is 10.5. The second-order valence-electron chi connectivity index (χ2n) is 1.42. The van der Waals surface area contributed by atoms with Crippen LogP contribution < -0.4 is 0 Å². The van der Waals surface area contributed by atoms with Gasteiger partial charge in [0.05, 0.1) is 9.75 Å². The summed E-state index contributed by atoms with van der Waals surface area (Å²) in [5.74, 6) is 0. The highest BCUT2D eigenvalue weighted by atomic mass is 32.2. The first-order chi connectivity index (χ1) is 4.77. The molecule has 0 aliphatic rings.